The van der Waals surface area contributed by atoms with Gasteiger partial charge < -0.3 is 53.5 Å². The quantitative estimate of drug-likeness (QED) is 0.264. The molecule has 0 bridgehead atoms. The van der Waals surface area contributed by atoms with E-state index in [1.54, 1.807) is 20.8 Å². The van der Waals surface area contributed by atoms with Gasteiger partial charge in [0.05, 0.1) is 10.9 Å². The second-order valence-electron chi connectivity index (χ2n) is 12.3. The number of halogens is 3. The van der Waals surface area contributed by atoms with Gasteiger partial charge in [-0.1, -0.05) is 6.07 Å². The molecule has 3 heterocycles. The largest absolute Gasteiger partial charge is 0.486 e. The molecule has 1 saturated heterocycles. The molecule has 1 fully saturated rings. The van der Waals surface area contributed by atoms with Gasteiger partial charge >= 0.3 is 18.2 Å². The van der Waals surface area contributed by atoms with Crippen LogP contribution in [0.4, 0.5) is 18.0 Å². The van der Waals surface area contributed by atoms with Crippen LogP contribution in [-0.4, -0.2) is 89.6 Å². The Kier molecular flexibility index (Phi) is 10.0. The topological polar surface area (TPSA) is 192 Å². The molecule has 14 nitrogen and oxygen atoms in total. The smallest absolute Gasteiger partial charge is 0.450 e. The number of aliphatic hydroxyl groups is 3. The molecule has 1 aromatic heterocycles. The molecular formula is C32H34F3NO13. The minimum atomic E-state index is -5.10. The number of nitrogens with one attached hydrogen (secondary N) is 1. The number of amides is 1. The molecule has 0 radical (unpaired) electrons. The van der Waals surface area contributed by atoms with Crippen molar-refractivity contribution < 1.29 is 70.9 Å². The number of benzene rings is 2. The van der Waals surface area contributed by atoms with Gasteiger partial charge in [0.25, 0.3) is 0 Å². The Morgan fingerprint density at radius 1 is 0.980 bits per heavy atom. The third-order valence-electron chi connectivity index (χ3n) is 7.35. The van der Waals surface area contributed by atoms with E-state index in [0.717, 1.165) is 12.1 Å². The molecule has 1 amide bonds. The number of rotatable bonds is 7. The molecule has 0 unspecified atom stereocenters. The standard InChI is InChI=1S/C32H34F3NO13/c1-14(36-30(42)49-31(2,3)4)28(41)45-13-21-24(38)25(39)26(40)29(48-21)46-16-6-7-17-19(12-16)47-27(32(33,34)35)22(23(17)37)15-5-8-18-20(11-15)44-10-9-43-18/h5-8,11-12,14,21,24-26,29,38-40H,9-10,13H2,1-4H3,(H,36,42)/t14-,21+,24-,25-,26-,29-/m1/s1. The SMILES string of the molecule is C[C@@H](NC(=O)OC(C)(C)C)C(=O)OC[C@@H]1O[C@@H](Oc2ccc3c(=O)c(-c4ccc5c(c4)OCCO5)c(C(F)(F)F)oc3c2)[C@H](O)[C@H](O)[C@@H]1O. The van der Waals surface area contributed by atoms with Crippen LogP contribution in [0, 0.1) is 0 Å². The molecule has 2 aromatic carbocycles. The summed E-state index contributed by atoms with van der Waals surface area (Å²) in [5, 5.41) is 33.5. The number of aliphatic hydroxyl groups excluding tert-OH is 3. The van der Waals surface area contributed by atoms with E-state index < -0.39 is 89.5 Å². The van der Waals surface area contributed by atoms with E-state index >= 15 is 0 Å². The van der Waals surface area contributed by atoms with Crippen molar-refractivity contribution >= 4 is 23.0 Å². The van der Waals surface area contributed by atoms with Gasteiger partial charge in [-0.2, -0.15) is 13.2 Å². The number of hydrogen-bond donors (Lipinski definition) is 4. The average molecular weight is 698 g/mol. The number of alkyl halides is 3. The highest BCUT2D eigenvalue weighted by atomic mass is 19.4. The van der Waals surface area contributed by atoms with Gasteiger partial charge in [0, 0.05) is 6.07 Å². The highest BCUT2D eigenvalue weighted by Crippen LogP contribution is 2.41. The molecule has 2 aliphatic heterocycles. The number of carbonyl (C=O) groups is 2. The second-order valence-corrected chi connectivity index (χ2v) is 12.3. The Morgan fingerprint density at radius 2 is 1.67 bits per heavy atom. The first-order chi connectivity index (χ1) is 22.9. The van der Waals surface area contributed by atoms with Crippen molar-refractivity contribution in [3.05, 3.63) is 52.4 Å². The molecule has 49 heavy (non-hydrogen) atoms. The van der Waals surface area contributed by atoms with Crippen LogP contribution in [-0.2, 0) is 25.2 Å². The summed E-state index contributed by atoms with van der Waals surface area (Å²) in [6.07, 6.45) is -14.7. The minimum absolute atomic E-state index is 0.111. The molecule has 0 aliphatic carbocycles. The van der Waals surface area contributed by atoms with Crippen LogP contribution in [0.15, 0.2) is 45.6 Å². The monoisotopic (exact) mass is 697 g/mol. The predicted molar refractivity (Wildman–Crippen MR) is 161 cm³/mol. The summed E-state index contributed by atoms with van der Waals surface area (Å²) in [5.74, 6) is -2.29. The molecule has 17 heteroatoms. The molecule has 6 atom stereocenters. The van der Waals surface area contributed by atoms with Gasteiger partial charge in [0.2, 0.25) is 17.5 Å². The van der Waals surface area contributed by atoms with E-state index in [-0.39, 0.29) is 35.7 Å². The predicted octanol–water partition coefficient (Wildman–Crippen LogP) is 2.89. The number of fused-ring (bicyclic) bond motifs is 2. The fourth-order valence-corrected chi connectivity index (χ4v) is 5.03. The number of ether oxygens (including phenoxy) is 6. The summed E-state index contributed by atoms with van der Waals surface area (Å²) in [7, 11) is 0. The van der Waals surface area contributed by atoms with Crippen molar-refractivity contribution in [2.45, 2.75) is 76.2 Å². The van der Waals surface area contributed by atoms with Crippen molar-refractivity contribution in [2.24, 2.45) is 0 Å². The molecule has 4 N–H and O–H groups in total. The molecule has 0 saturated carbocycles. The number of alkyl carbamates (subject to hydrolysis) is 1. The number of carbonyl (C=O) groups excluding carboxylic acids is 2. The average Bonchev–Trinajstić information content (AvgIpc) is 3.02. The molecule has 5 rings (SSSR count). The highest BCUT2D eigenvalue weighted by molar-refractivity contribution is 5.84. The van der Waals surface area contributed by atoms with Gasteiger partial charge in [-0.05, 0) is 57.5 Å². The van der Waals surface area contributed by atoms with E-state index in [1.165, 1.54) is 31.2 Å². The van der Waals surface area contributed by atoms with Crippen LogP contribution < -0.4 is 25.0 Å². The number of hydrogen-bond acceptors (Lipinski definition) is 13. The van der Waals surface area contributed by atoms with Crippen LogP contribution in [0.1, 0.15) is 33.5 Å². The fourth-order valence-electron chi connectivity index (χ4n) is 5.03. The van der Waals surface area contributed by atoms with Crippen LogP contribution in [0.5, 0.6) is 17.2 Å². The maximum atomic E-state index is 14.2. The summed E-state index contributed by atoms with van der Waals surface area (Å²) in [4.78, 5) is 37.9. The normalized spacial score (nSPS) is 23.0. The van der Waals surface area contributed by atoms with E-state index in [2.05, 4.69) is 5.32 Å². The lowest BCUT2D eigenvalue weighted by Gasteiger charge is -2.40. The lowest BCUT2D eigenvalue weighted by atomic mass is 9.99. The lowest BCUT2D eigenvalue weighted by molar-refractivity contribution is -0.278. The highest BCUT2D eigenvalue weighted by Gasteiger charge is 2.46. The molecule has 3 aromatic rings. The lowest BCUT2D eigenvalue weighted by Crippen LogP contribution is -2.60. The van der Waals surface area contributed by atoms with Crippen molar-refractivity contribution in [3.63, 3.8) is 0 Å². The molecule has 266 valence electrons. The maximum absolute atomic E-state index is 14.2. The van der Waals surface area contributed by atoms with E-state index in [4.69, 9.17) is 32.8 Å². The first-order valence-corrected chi connectivity index (χ1v) is 15.0. The molecular weight excluding hydrogens is 663 g/mol. The van der Waals surface area contributed by atoms with Crippen LogP contribution >= 0.6 is 0 Å². The van der Waals surface area contributed by atoms with Crippen LogP contribution in [0.25, 0.3) is 22.1 Å². The Morgan fingerprint density at radius 3 is 2.35 bits per heavy atom. The van der Waals surface area contributed by atoms with E-state index in [9.17, 15) is 42.9 Å². The second kappa shape index (κ2) is 13.7. The summed E-state index contributed by atoms with van der Waals surface area (Å²) in [6.45, 7) is 5.97. The van der Waals surface area contributed by atoms with E-state index in [1.807, 2.05) is 0 Å². The Labute approximate surface area is 276 Å². The number of esters is 1. The zero-order chi connectivity index (χ0) is 35.8. The molecule has 2 aliphatic rings. The van der Waals surface area contributed by atoms with Crippen molar-refractivity contribution in [3.8, 4) is 28.4 Å². The Bertz CT molecular complexity index is 1770. The van der Waals surface area contributed by atoms with Crippen molar-refractivity contribution in [1.29, 1.82) is 0 Å². The van der Waals surface area contributed by atoms with Gasteiger partial charge in [-0.3, -0.25) is 4.79 Å². The summed E-state index contributed by atoms with van der Waals surface area (Å²) in [6, 6.07) is 6.07. The summed E-state index contributed by atoms with van der Waals surface area (Å²) >= 11 is 0. The minimum Gasteiger partial charge on any atom is -0.486 e. The zero-order valence-corrected chi connectivity index (χ0v) is 26.6. The zero-order valence-electron chi connectivity index (χ0n) is 26.6. The fraction of sp³-hybridized carbons (Fsp3) is 0.469. The maximum Gasteiger partial charge on any atom is 0.450 e. The van der Waals surface area contributed by atoms with Gasteiger partial charge in [0.1, 0.15) is 67.2 Å². The molecule has 0 spiro atoms. The Balaban J connectivity index is 1.35. The van der Waals surface area contributed by atoms with Gasteiger partial charge in [-0.15, -0.1) is 0 Å². The summed E-state index contributed by atoms with van der Waals surface area (Å²) < 4.78 is 80.2. The Hall–Kier alpha value is -4.58. The van der Waals surface area contributed by atoms with Gasteiger partial charge in [-0.25, -0.2) is 9.59 Å². The third kappa shape index (κ3) is 8.01. The van der Waals surface area contributed by atoms with Crippen molar-refractivity contribution in [2.75, 3.05) is 19.8 Å². The van der Waals surface area contributed by atoms with Crippen LogP contribution in [0.2, 0.25) is 0 Å². The first kappa shape index (κ1) is 35.7. The summed E-state index contributed by atoms with van der Waals surface area (Å²) in [5.41, 5.74) is -3.20. The van der Waals surface area contributed by atoms with Crippen LogP contribution in [0.3, 0.4) is 0 Å². The van der Waals surface area contributed by atoms with Gasteiger partial charge in [0.15, 0.2) is 11.5 Å². The van der Waals surface area contributed by atoms with Crippen molar-refractivity contribution in [1.82, 2.24) is 5.32 Å². The van der Waals surface area contributed by atoms with E-state index in [0.29, 0.717) is 5.75 Å². The third-order valence-corrected chi connectivity index (χ3v) is 7.35. The first-order valence-electron chi connectivity index (χ1n) is 15.0.